The first-order chi connectivity index (χ1) is 30.4. The van der Waals surface area contributed by atoms with Gasteiger partial charge in [0, 0.05) is 0 Å². The largest absolute Gasteiger partial charge is 3.00 e. The van der Waals surface area contributed by atoms with Crippen LogP contribution in [0, 0.1) is 0 Å². The van der Waals surface area contributed by atoms with E-state index in [4.69, 9.17) is 27.1 Å². The summed E-state index contributed by atoms with van der Waals surface area (Å²) in [7, 11) is -12.2. The van der Waals surface area contributed by atoms with Crippen LogP contribution in [-0.2, 0) is 57.9 Å². The molecule has 0 aromatic heterocycles. The molecule has 0 atom stereocenters. The van der Waals surface area contributed by atoms with Crippen molar-refractivity contribution in [2.75, 3.05) is 39.6 Å². The monoisotopic (exact) mass is 1020 g/mol. The molecule has 0 spiro atoms. The van der Waals surface area contributed by atoms with Crippen molar-refractivity contribution in [3.63, 3.8) is 0 Å². The maximum atomic E-state index is 11.5. The van der Waals surface area contributed by atoms with E-state index in [9.17, 15) is 28.4 Å². The van der Waals surface area contributed by atoms with E-state index >= 15 is 0 Å². The van der Waals surface area contributed by atoms with Gasteiger partial charge in [-0.1, -0.05) is 234 Å². The third kappa shape index (κ3) is 64.9. The van der Waals surface area contributed by atoms with E-state index in [0.29, 0.717) is 0 Å². The van der Waals surface area contributed by atoms with E-state index in [2.05, 4.69) is 41.5 Å². The average Bonchev–Trinajstić information content (AvgIpc) is 3.25. The molecule has 0 aromatic rings. The summed E-state index contributed by atoms with van der Waals surface area (Å²) in [4.78, 5) is 34.5. The Kier molecular flexibility index (Phi) is 63.0. The fourth-order valence-electron chi connectivity index (χ4n) is 6.46. The number of phosphoric ester groups is 3. The molecule has 64 heavy (non-hydrogen) atoms. The zero-order valence-electron chi connectivity index (χ0n) is 42.3. The van der Waals surface area contributed by atoms with Gasteiger partial charge in [0.25, 0.3) is 23.5 Å². The van der Waals surface area contributed by atoms with Crippen LogP contribution < -0.4 is 14.7 Å². The Hall–Kier alpha value is 0.849. The van der Waals surface area contributed by atoms with E-state index < -0.39 is 23.5 Å². The van der Waals surface area contributed by atoms with Gasteiger partial charge in [-0.3, -0.25) is 13.7 Å². The first-order valence-electron chi connectivity index (χ1n) is 26.2. The van der Waals surface area contributed by atoms with Gasteiger partial charge in [-0.2, -0.15) is 0 Å². The molecule has 0 rings (SSSR count). The minimum absolute atomic E-state index is 0. The van der Waals surface area contributed by atoms with Crippen molar-refractivity contribution in [1.29, 1.82) is 0 Å². The summed E-state index contributed by atoms with van der Waals surface area (Å²) in [6.45, 7) is 14.6. The summed E-state index contributed by atoms with van der Waals surface area (Å²) >= 11 is 0. The maximum Gasteiger partial charge on any atom is 3.00 e. The Bertz CT molecular complexity index is 841. The van der Waals surface area contributed by atoms with Gasteiger partial charge in [-0.15, -0.1) is 0 Å². The van der Waals surface area contributed by atoms with Crippen molar-refractivity contribution >= 4 is 23.5 Å². The van der Waals surface area contributed by atoms with Gasteiger partial charge in [0.05, 0.1) is 39.6 Å². The van der Waals surface area contributed by atoms with Gasteiger partial charge < -0.3 is 41.8 Å². The zero-order chi connectivity index (χ0) is 47.4. The third-order valence-corrected chi connectivity index (χ3v) is 13.5. The standard InChI is InChI=1S/3C16H35O4P.Fe/c3*1-3-5-7-9-11-13-15-19-21(17,18)20-16-14-12-10-8-6-4-2;/h3*3-16H2,1-2H3,(H,17,18);/q;;;+3/p-3. The molecule has 0 N–H and O–H groups in total. The molecule has 0 fully saturated rings. The van der Waals surface area contributed by atoms with Crippen LogP contribution in [0.15, 0.2) is 0 Å². The molecule has 0 saturated carbocycles. The van der Waals surface area contributed by atoms with Crippen LogP contribution in [0.2, 0.25) is 0 Å². The summed E-state index contributed by atoms with van der Waals surface area (Å²) in [5.74, 6) is 0. The molecule has 0 aliphatic rings. The molecule has 1 radical (unpaired) electrons. The number of phosphoric acid groups is 3. The Morgan fingerprint density at radius 1 is 0.234 bits per heavy atom. The number of unbranched alkanes of at least 4 members (excludes halogenated alkanes) is 30. The second kappa shape index (κ2) is 56.4. The Morgan fingerprint density at radius 2 is 0.344 bits per heavy atom. The van der Waals surface area contributed by atoms with E-state index in [1.165, 1.54) is 116 Å². The van der Waals surface area contributed by atoms with Crippen LogP contribution in [0.3, 0.4) is 0 Å². The molecule has 0 unspecified atom stereocenters. The normalized spacial score (nSPS) is 11.8. The van der Waals surface area contributed by atoms with E-state index in [1.807, 2.05) is 0 Å². The van der Waals surface area contributed by atoms with Crippen molar-refractivity contribution in [2.24, 2.45) is 0 Å². The zero-order valence-corrected chi connectivity index (χ0v) is 46.1. The number of rotatable bonds is 48. The Labute approximate surface area is 406 Å². The predicted molar refractivity (Wildman–Crippen MR) is 259 cm³/mol. The van der Waals surface area contributed by atoms with Crippen molar-refractivity contribution in [1.82, 2.24) is 0 Å². The quantitative estimate of drug-likeness (QED) is 0.0321. The molecule has 0 saturated heterocycles. The first-order valence-corrected chi connectivity index (χ1v) is 30.5. The fraction of sp³-hybridized carbons (Fsp3) is 1.00. The topological polar surface area (TPSA) is 176 Å². The summed E-state index contributed by atoms with van der Waals surface area (Å²) in [6, 6.07) is 0. The fourth-order valence-corrected chi connectivity index (χ4v) is 8.80. The first kappa shape index (κ1) is 71.4. The van der Waals surface area contributed by atoms with Gasteiger partial charge in [0.2, 0.25) is 0 Å². The van der Waals surface area contributed by atoms with Gasteiger partial charge in [-0.25, -0.2) is 0 Å². The van der Waals surface area contributed by atoms with Gasteiger partial charge in [0.15, 0.2) is 0 Å². The minimum Gasteiger partial charge on any atom is -0.756 e. The van der Waals surface area contributed by atoms with Crippen molar-refractivity contribution < 1.29 is 72.6 Å². The Morgan fingerprint density at radius 3 is 0.469 bits per heavy atom. The summed E-state index contributed by atoms with van der Waals surface area (Å²) < 4.78 is 63.6. The average molecular weight is 1020 g/mol. The summed E-state index contributed by atoms with van der Waals surface area (Å²) in [6.07, 6.45) is 40.0. The van der Waals surface area contributed by atoms with Crippen LogP contribution in [-0.4, -0.2) is 39.6 Å². The Balaban J connectivity index is -0.000000419. The van der Waals surface area contributed by atoms with Crippen molar-refractivity contribution in [3.8, 4) is 0 Å². The van der Waals surface area contributed by atoms with Crippen LogP contribution in [0.4, 0.5) is 0 Å². The van der Waals surface area contributed by atoms with Crippen LogP contribution in [0.1, 0.15) is 273 Å². The third-order valence-electron chi connectivity index (χ3n) is 10.5. The number of hydrogen-bond acceptors (Lipinski definition) is 12. The molecule has 12 nitrogen and oxygen atoms in total. The van der Waals surface area contributed by atoms with Gasteiger partial charge >= 0.3 is 17.1 Å². The molecule has 389 valence electrons. The van der Waals surface area contributed by atoms with E-state index in [0.717, 1.165) is 116 Å². The van der Waals surface area contributed by atoms with E-state index in [1.54, 1.807) is 0 Å². The molecule has 0 aliphatic carbocycles. The molecule has 0 bridgehead atoms. The maximum absolute atomic E-state index is 11.5. The predicted octanol–water partition coefficient (Wildman–Crippen LogP) is 15.6. The number of hydrogen-bond donors (Lipinski definition) is 0. The van der Waals surface area contributed by atoms with Crippen LogP contribution in [0.5, 0.6) is 0 Å². The van der Waals surface area contributed by atoms with Crippen LogP contribution >= 0.6 is 23.5 Å². The molecular formula is C48H102FeO12P3. The summed E-state index contributed by atoms with van der Waals surface area (Å²) in [5.41, 5.74) is 0. The van der Waals surface area contributed by atoms with Crippen molar-refractivity contribution in [3.05, 3.63) is 0 Å². The second-order valence-electron chi connectivity index (χ2n) is 16.9. The van der Waals surface area contributed by atoms with E-state index in [-0.39, 0.29) is 56.7 Å². The van der Waals surface area contributed by atoms with Gasteiger partial charge in [0.1, 0.15) is 0 Å². The molecule has 0 aromatic carbocycles. The molecule has 0 aliphatic heterocycles. The summed E-state index contributed by atoms with van der Waals surface area (Å²) in [5, 5.41) is 0. The van der Waals surface area contributed by atoms with Crippen molar-refractivity contribution in [2.45, 2.75) is 273 Å². The van der Waals surface area contributed by atoms with Gasteiger partial charge in [-0.05, 0) is 38.5 Å². The molecule has 16 heteroatoms. The second-order valence-corrected chi connectivity index (χ2v) is 21.2. The molecule has 0 heterocycles. The molecular weight excluding hydrogens is 917 g/mol. The minimum atomic E-state index is -4.07. The SMILES string of the molecule is CCCCCCCCOP(=O)([O-])OCCCCCCCC.CCCCCCCCOP(=O)([O-])OCCCCCCCC.CCCCCCCCOP(=O)([O-])OCCCCCCCC.[Fe+3]. The molecule has 0 amide bonds. The smallest absolute Gasteiger partial charge is 0.756 e. The van der Waals surface area contributed by atoms with Crippen LogP contribution in [0.25, 0.3) is 0 Å².